The maximum atomic E-state index is 9.00. The molecule has 4 nitrogen and oxygen atoms in total. The first-order valence-electron chi connectivity index (χ1n) is 5.08. The molecule has 1 aromatic carbocycles. The molecule has 0 aliphatic carbocycles. The molecule has 0 fully saturated rings. The second-order valence-electron chi connectivity index (χ2n) is 3.42. The van der Waals surface area contributed by atoms with Crippen LogP contribution < -0.4 is 5.73 Å². The van der Waals surface area contributed by atoms with Gasteiger partial charge in [-0.3, -0.25) is 0 Å². The summed E-state index contributed by atoms with van der Waals surface area (Å²) in [6, 6.07) is 13.4. The van der Waals surface area contributed by atoms with Crippen LogP contribution in [-0.2, 0) is 0 Å². The second-order valence-corrected chi connectivity index (χ2v) is 4.42. The Morgan fingerprint density at radius 2 is 1.89 bits per heavy atom. The van der Waals surface area contributed by atoms with Crippen LogP contribution in [0, 0.1) is 22.7 Å². The topological polar surface area (TPSA) is 86.0 Å². The Labute approximate surface area is 108 Å². The summed E-state index contributed by atoms with van der Waals surface area (Å²) in [4.78, 5) is 4.54. The molecule has 1 heterocycles. The number of rotatable bonds is 2. The van der Waals surface area contributed by atoms with E-state index in [1.165, 1.54) is 0 Å². The van der Waals surface area contributed by atoms with Gasteiger partial charge in [-0.25, -0.2) is 4.99 Å². The minimum absolute atomic E-state index is 0.213. The van der Waals surface area contributed by atoms with Crippen molar-refractivity contribution in [1.29, 1.82) is 10.5 Å². The average Bonchev–Trinajstić information content (AvgIpc) is 2.73. The summed E-state index contributed by atoms with van der Waals surface area (Å²) in [5.74, 6) is 0. The van der Waals surface area contributed by atoms with Crippen LogP contribution in [0.4, 0.5) is 10.7 Å². The number of thiophene rings is 1. The van der Waals surface area contributed by atoms with Crippen LogP contribution in [0.2, 0.25) is 0 Å². The fourth-order valence-corrected chi connectivity index (χ4v) is 2.20. The molecule has 0 saturated heterocycles. The van der Waals surface area contributed by atoms with Gasteiger partial charge < -0.3 is 5.73 Å². The third-order valence-electron chi connectivity index (χ3n) is 2.27. The number of nitriles is 2. The molecule has 5 heteroatoms. The maximum absolute atomic E-state index is 9.00. The Balaban J connectivity index is 2.39. The van der Waals surface area contributed by atoms with E-state index in [4.69, 9.17) is 16.3 Å². The fraction of sp³-hybridized carbons (Fsp3) is 0. The molecule has 2 aromatic rings. The molecule has 0 aliphatic rings. The predicted molar refractivity (Wildman–Crippen MR) is 71.9 cm³/mol. The largest absolute Gasteiger partial charge is 0.396 e. The van der Waals surface area contributed by atoms with Crippen molar-refractivity contribution in [2.75, 3.05) is 5.73 Å². The lowest BCUT2D eigenvalue weighted by atomic mass is 10.2. The van der Waals surface area contributed by atoms with Crippen molar-refractivity contribution >= 4 is 28.2 Å². The molecular formula is C13H8N4S. The van der Waals surface area contributed by atoms with Crippen molar-refractivity contribution in [3.63, 3.8) is 0 Å². The van der Waals surface area contributed by atoms with Crippen molar-refractivity contribution in [2.24, 2.45) is 4.99 Å². The van der Waals surface area contributed by atoms with E-state index >= 15 is 0 Å². The van der Waals surface area contributed by atoms with Gasteiger partial charge in [0.2, 0.25) is 0 Å². The van der Waals surface area contributed by atoms with E-state index in [0.717, 1.165) is 16.9 Å². The molecule has 0 spiro atoms. The zero-order valence-corrected chi connectivity index (χ0v) is 10.1. The van der Waals surface area contributed by atoms with Crippen LogP contribution in [0.1, 0.15) is 16.0 Å². The molecule has 0 unspecified atom stereocenters. The molecule has 0 amide bonds. The first-order chi connectivity index (χ1) is 8.76. The number of aliphatic imine (C=N–C) groups is 1. The quantitative estimate of drug-likeness (QED) is 0.834. The molecule has 0 atom stereocenters. The van der Waals surface area contributed by atoms with Gasteiger partial charge in [0.15, 0.2) is 0 Å². The van der Waals surface area contributed by atoms with Gasteiger partial charge in [-0.15, -0.1) is 11.3 Å². The van der Waals surface area contributed by atoms with Gasteiger partial charge in [0.1, 0.15) is 27.6 Å². The summed E-state index contributed by atoms with van der Waals surface area (Å²) < 4.78 is 0. The molecule has 2 N–H and O–H groups in total. The first kappa shape index (κ1) is 11.8. The van der Waals surface area contributed by atoms with Crippen LogP contribution in [0.15, 0.2) is 35.3 Å². The average molecular weight is 252 g/mol. The lowest BCUT2D eigenvalue weighted by Gasteiger charge is -1.91. The second kappa shape index (κ2) is 5.13. The Morgan fingerprint density at radius 1 is 1.17 bits per heavy atom. The zero-order chi connectivity index (χ0) is 13.0. The molecule has 2 rings (SSSR count). The van der Waals surface area contributed by atoms with Crippen LogP contribution in [0.5, 0.6) is 0 Å². The third-order valence-corrected chi connectivity index (χ3v) is 3.29. The van der Waals surface area contributed by atoms with Crippen LogP contribution in [0.25, 0.3) is 0 Å². The fourth-order valence-electron chi connectivity index (χ4n) is 1.39. The Morgan fingerprint density at radius 3 is 2.50 bits per heavy atom. The monoisotopic (exact) mass is 252 g/mol. The normalized spacial score (nSPS) is 10.1. The lowest BCUT2D eigenvalue weighted by molar-refractivity contribution is 1.48. The Bertz CT molecular complexity index is 671. The summed E-state index contributed by atoms with van der Waals surface area (Å²) in [5, 5.41) is 18.3. The lowest BCUT2D eigenvalue weighted by Crippen LogP contribution is -1.87. The van der Waals surface area contributed by atoms with E-state index in [-0.39, 0.29) is 11.3 Å². The number of anilines is 1. The number of nitrogens with zero attached hydrogens (tertiary/aromatic N) is 3. The minimum atomic E-state index is 0.213. The van der Waals surface area contributed by atoms with Crippen LogP contribution >= 0.6 is 11.3 Å². The SMILES string of the molecule is N#Cc1sc(/N=C/c2ccccc2)c(C#N)c1N. The number of hydrogen-bond acceptors (Lipinski definition) is 5. The number of hydrogen-bond donors (Lipinski definition) is 1. The smallest absolute Gasteiger partial charge is 0.137 e. The molecule has 18 heavy (non-hydrogen) atoms. The molecule has 0 radical (unpaired) electrons. The Hall–Kier alpha value is -2.63. The molecule has 86 valence electrons. The van der Waals surface area contributed by atoms with Crippen LogP contribution in [0.3, 0.4) is 0 Å². The van der Waals surface area contributed by atoms with E-state index in [0.29, 0.717) is 9.88 Å². The van der Waals surface area contributed by atoms with Gasteiger partial charge >= 0.3 is 0 Å². The number of nitrogens with two attached hydrogens (primary N) is 1. The summed E-state index contributed by atoms with van der Waals surface area (Å²) in [6.45, 7) is 0. The molecule has 0 aliphatic heterocycles. The van der Waals surface area contributed by atoms with Gasteiger partial charge in [0.25, 0.3) is 0 Å². The van der Waals surface area contributed by atoms with Crippen LogP contribution in [-0.4, -0.2) is 6.21 Å². The van der Waals surface area contributed by atoms with Crippen molar-refractivity contribution < 1.29 is 0 Å². The zero-order valence-electron chi connectivity index (χ0n) is 9.29. The molecular weight excluding hydrogens is 244 g/mol. The van der Waals surface area contributed by atoms with Gasteiger partial charge in [-0.2, -0.15) is 10.5 Å². The van der Waals surface area contributed by atoms with Crippen molar-refractivity contribution in [1.82, 2.24) is 0 Å². The van der Waals surface area contributed by atoms with Crippen molar-refractivity contribution in [3.05, 3.63) is 46.3 Å². The third kappa shape index (κ3) is 2.22. The van der Waals surface area contributed by atoms with E-state index in [9.17, 15) is 0 Å². The van der Waals surface area contributed by atoms with E-state index in [2.05, 4.69) is 4.99 Å². The van der Waals surface area contributed by atoms with Crippen molar-refractivity contribution in [2.45, 2.75) is 0 Å². The molecule has 0 saturated carbocycles. The molecule has 1 aromatic heterocycles. The standard InChI is InChI=1S/C13H8N4S/c14-6-10-12(16)11(7-15)18-13(10)17-8-9-4-2-1-3-5-9/h1-5,8H,16H2/b17-8+. The minimum Gasteiger partial charge on any atom is -0.396 e. The highest BCUT2D eigenvalue weighted by atomic mass is 32.1. The van der Waals surface area contributed by atoms with Gasteiger partial charge in [0.05, 0.1) is 5.69 Å². The van der Waals surface area contributed by atoms with Gasteiger partial charge in [0, 0.05) is 6.21 Å². The summed E-state index contributed by atoms with van der Waals surface area (Å²) in [5.41, 5.74) is 7.09. The highest BCUT2D eigenvalue weighted by molar-refractivity contribution is 7.17. The number of nitrogen functional groups attached to an aromatic ring is 1. The molecule has 0 bridgehead atoms. The summed E-state index contributed by atoms with van der Waals surface area (Å²) in [6.07, 6.45) is 1.65. The highest BCUT2D eigenvalue weighted by Gasteiger charge is 2.14. The van der Waals surface area contributed by atoms with E-state index in [1.54, 1.807) is 6.21 Å². The van der Waals surface area contributed by atoms with E-state index in [1.807, 2.05) is 42.5 Å². The number of benzene rings is 1. The predicted octanol–water partition coefficient (Wildman–Crippen LogP) is 2.82. The Kier molecular flexibility index (Phi) is 3.38. The highest BCUT2D eigenvalue weighted by Crippen LogP contribution is 2.36. The first-order valence-corrected chi connectivity index (χ1v) is 5.89. The van der Waals surface area contributed by atoms with E-state index < -0.39 is 0 Å². The van der Waals surface area contributed by atoms with Gasteiger partial charge in [-0.05, 0) is 5.56 Å². The van der Waals surface area contributed by atoms with Crippen molar-refractivity contribution in [3.8, 4) is 12.1 Å². The summed E-state index contributed by atoms with van der Waals surface area (Å²) in [7, 11) is 0. The maximum Gasteiger partial charge on any atom is 0.137 e. The van der Waals surface area contributed by atoms with Gasteiger partial charge in [-0.1, -0.05) is 30.3 Å². The summed E-state index contributed by atoms with van der Waals surface area (Å²) >= 11 is 1.12.